The summed E-state index contributed by atoms with van der Waals surface area (Å²) >= 11 is 0. The summed E-state index contributed by atoms with van der Waals surface area (Å²) in [5.74, 6) is 0. The lowest BCUT2D eigenvalue weighted by molar-refractivity contribution is 0.767. The first-order valence-corrected chi connectivity index (χ1v) is 3.09. The van der Waals surface area contributed by atoms with Crippen molar-refractivity contribution in [2.24, 2.45) is 10.7 Å². The molecule has 0 spiro atoms. The molecule has 10 heavy (non-hydrogen) atoms. The summed E-state index contributed by atoms with van der Waals surface area (Å²) in [6, 6.07) is 2.07. The van der Waals surface area contributed by atoms with Gasteiger partial charge >= 0.3 is 0 Å². The van der Waals surface area contributed by atoms with Crippen molar-refractivity contribution in [3.63, 3.8) is 0 Å². The van der Waals surface area contributed by atoms with Gasteiger partial charge in [0.05, 0.1) is 11.8 Å². The molecule has 0 aromatic heterocycles. The summed E-state index contributed by atoms with van der Waals surface area (Å²) in [5, 5.41) is 8.59. The van der Waals surface area contributed by atoms with Crippen LogP contribution in [0, 0.1) is 11.3 Å². The van der Waals surface area contributed by atoms with E-state index in [2.05, 4.69) is 11.1 Å². The largest absolute Gasteiger partial charge is 0.325 e. The zero-order valence-electron chi connectivity index (χ0n) is 5.83. The highest BCUT2D eigenvalue weighted by atomic mass is 14.9. The molecule has 0 radical (unpaired) electrons. The van der Waals surface area contributed by atoms with E-state index in [0.717, 1.165) is 5.71 Å². The summed E-state index contributed by atoms with van der Waals surface area (Å²) in [4.78, 5) is 4.08. The second-order valence-electron chi connectivity index (χ2n) is 2.40. The van der Waals surface area contributed by atoms with Crippen LogP contribution in [0.15, 0.2) is 17.1 Å². The Morgan fingerprint density at radius 3 is 2.90 bits per heavy atom. The number of hydrogen-bond donors (Lipinski definition) is 1. The monoisotopic (exact) mass is 135 g/mol. The molecule has 1 rings (SSSR count). The molecule has 52 valence electrons. The van der Waals surface area contributed by atoms with E-state index >= 15 is 0 Å². The van der Waals surface area contributed by atoms with Crippen molar-refractivity contribution in [1.29, 1.82) is 5.26 Å². The first kappa shape index (κ1) is 6.97. The minimum absolute atomic E-state index is 0.410. The summed E-state index contributed by atoms with van der Waals surface area (Å²) in [7, 11) is 0. The molecule has 1 atom stereocenters. The zero-order valence-corrected chi connectivity index (χ0v) is 5.83. The van der Waals surface area contributed by atoms with E-state index in [4.69, 9.17) is 11.0 Å². The Bertz CT molecular complexity index is 234. The minimum atomic E-state index is -0.658. The molecule has 0 bridgehead atoms. The number of nitriles is 1. The van der Waals surface area contributed by atoms with Gasteiger partial charge in [-0.3, -0.25) is 4.99 Å². The summed E-state index contributed by atoms with van der Waals surface area (Å²) < 4.78 is 0. The third kappa shape index (κ3) is 1.07. The van der Waals surface area contributed by atoms with Gasteiger partial charge in [0.1, 0.15) is 0 Å². The maximum Gasteiger partial charge on any atom is 0.162 e. The Morgan fingerprint density at radius 2 is 2.60 bits per heavy atom. The molecular weight excluding hydrogens is 126 g/mol. The maximum atomic E-state index is 8.59. The van der Waals surface area contributed by atoms with Gasteiger partial charge in [0.15, 0.2) is 5.54 Å². The Morgan fingerprint density at radius 1 is 1.90 bits per heavy atom. The Labute approximate surface area is 59.9 Å². The van der Waals surface area contributed by atoms with Gasteiger partial charge in [-0.25, -0.2) is 0 Å². The molecule has 2 N–H and O–H groups in total. The molecule has 0 fully saturated rings. The molecule has 0 saturated heterocycles. The Hall–Kier alpha value is -1.14. The molecular formula is C7H9N3. The average molecular weight is 135 g/mol. The van der Waals surface area contributed by atoms with Gasteiger partial charge in [-0.1, -0.05) is 0 Å². The predicted octanol–water partition coefficient (Wildman–Crippen LogP) is 0.238. The van der Waals surface area contributed by atoms with Crippen molar-refractivity contribution in [3.05, 3.63) is 12.2 Å². The van der Waals surface area contributed by atoms with E-state index in [9.17, 15) is 0 Å². The highest BCUT2D eigenvalue weighted by Gasteiger charge is 2.22. The van der Waals surface area contributed by atoms with Crippen LogP contribution in [-0.4, -0.2) is 17.8 Å². The van der Waals surface area contributed by atoms with Crippen LogP contribution in [0.5, 0.6) is 0 Å². The third-order valence-corrected chi connectivity index (χ3v) is 1.41. The van der Waals surface area contributed by atoms with Gasteiger partial charge in [0, 0.05) is 6.54 Å². The molecule has 1 unspecified atom stereocenters. The van der Waals surface area contributed by atoms with Crippen LogP contribution < -0.4 is 5.73 Å². The maximum absolute atomic E-state index is 8.59. The van der Waals surface area contributed by atoms with Crippen molar-refractivity contribution < 1.29 is 0 Å². The van der Waals surface area contributed by atoms with Crippen LogP contribution in [-0.2, 0) is 0 Å². The second kappa shape index (κ2) is 2.24. The van der Waals surface area contributed by atoms with E-state index in [1.165, 1.54) is 0 Å². The van der Waals surface area contributed by atoms with Crippen LogP contribution in [0.25, 0.3) is 0 Å². The smallest absolute Gasteiger partial charge is 0.162 e. The van der Waals surface area contributed by atoms with Crippen molar-refractivity contribution >= 4 is 5.71 Å². The topological polar surface area (TPSA) is 62.2 Å². The molecule has 0 aliphatic carbocycles. The Balaban J connectivity index is 2.86. The first-order chi connectivity index (χ1) is 4.70. The third-order valence-electron chi connectivity index (χ3n) is 1.41. The number of aliphatic imine (C=N–C) groups is 1. The van der Waals surface area contributed by atoms with Gasteiger partial charge < -0.3 is 5.73 Å². The van der Waals surface area contributed by atoms with E-state index in [1.807, 2.05) is 0 Å². The van der Waals surface area contributed by atoms with E-state index in [1.54, 1.807) is 19.1 Å². The van der Waals surface area contributed by atoms with E-state index < -0.39 is 5.54 Å². The molecule has 3 heteroatoms. The number of nitrogens with two attached hydrogens (primary N) is 1. The molecule has 0 aromatic rings. The molecule has 0 saturated carbocycles. The van der Waals surface area contributed by atoms with Crippen LogP contribution in [0.2, 0.25) is 0 Å². The fourth-order valence-corrected chi connectivity index (χ4v) is 0.807. The normalized spacial score (nSPS) is 29.9. The number of rotatable bonds is 1. The lowest BCUT2D eigenvalue weighted by Gasteiger charge is -2.04. The highest BCUT2D eigenvalue weighted by molar-refractivity contribution is 5.99. The van der Waals surface area contributed by atoms with Gasteiger partial charge in [-0.15, -0.1) is 0 Å². The lowest BCUT2D eigenvalue weighted by Crippen LogP contribution is -2.15. The highest BCUT2D eigenvalue weighted by Crippen LogP contribution is 2.16. The minimum Gasteiger partial charge on any atom is -0.325 e. The molecule has 0 aromatic carbocycles. The van der Waals surface area contributed by atoms with Crippen LogP contribution in [0.1, 0.15) is 6.92 Å². The second-order valence-corrected chi connectivity index (χ2v) is 2.40. The van der Waals surface area contributed by atoms with E-state index in [-0.39, 0.29) is 0 Å². The summed E-state index contributed by atoms with van der Waals surface area (Å²) in [5.41, 5.74) is 5.46. The zero-order chi connectivity index (χ0) is 7.61. The molecule has 3 nitrogen and oxygen atoms in total. The number of hydrogen-bond acceptors (Lipinski definition) is 3. The summed E-state index contributed by atoms with van der Waals surface area (Å²) in [6.07, 6.45) is 3.55. The van der Waals surface area contributed by atoms with Crippen molar-refractivity contribution in [1.82, 2.24) is 0 Å². The van der Waals surface area contributed by atoms with Crippen molar-refractivity contribution in [2.45, 2.75) is 12.5 Å². The first-order valence-electron chi connectivity index (χ1n) is 3.09. The quantitative estimate of drug-likeness (QED) is 0.559. The fourth-order valence-electron chi connectivity index (χ4n) is 0.807. The number of nitrogens with zero attached hydrogens (tertiary/aromatic N) is 2. The molecule has 0 amide bonds. The van der Waals surface area contributed by atoms with Crippen LogP contribution >= 0.6 is 0 Å². The fraction of sp³-hybridized carbons (Fsp3) is 0.429. The predicted molar refractivity (Wildman–Crippen MR) is 39.6 cm³/mol. The summed E-state index contributed by atoms with van der Waals surface area (Å²) in [6.45, 7) is 2.17. The standard InChI is InChI=1S/C7H9N3/c1-7(5-9)3-2-6(4-8)10-7/h2-3H,4,8H2,1H3. The van der Waals surface area contributed by atoms with Crippen molar-refractivity contribution in [3.8, 4) is 6.07 Å². The van der Waals surface area contributed by atoms with E-state index in [0.29, 0.717) is 6.54 Å². The van der Waals surface area contributed by atoms with Gasteiger partial charge in [-0.05, 0) is 19.1 Å². The van der Waals surface area contributed by atoms with Gasteiger partial charge in [-0.2, -0.15) is 5.26 Å². The van der Waals surface area contributed by atoms with Gasteiger partial charge in [0.25, 0.3) is 0 Å². The van der Waals surface area contributed by atoms with Gasteiger partial charge in [0.2, 0.25) is 0 Å². The Kier molecular flexibility index (Phi) is 1.56. The van der Waals surface area contributed by atoms with Crippen LogP contribution in [0.3, 0.4) is 0 Å². The molecule has 1 aliphatic heterocycles. The molecule has 1 aliphatic rings. The lowest BCUT2D eigenvalue weighted by atomic mass is 10.1. The van der Waals surface area contributed by atoms with Crippen LogP contribution in [0.4, 0.5) is 0 Å². The average Bonchev–Trinajstić information content (AvgIpc) is 2.33. The SMILES string of the molecule is CC1(C#N)C=CC(CN)=N1. The van der Waals surface area contributed by atoms with Crippen molar-refractivity contribution in [2.75, 3.05) is 6.54 Å². The molecule has 1 heterocycles.